The van der Waals surface area contributed by atoms with Gasteiger partial charge in [-0.3, -0.25) is 4.31 Å². The van der Waals surface area contributed by atoms with Crippen molar-refractivity contribution in [3.05, 3.63) is 47.3 Å². The van der Waals surface area contributed by atoms with Crippen LogP contribution in [-0.4, -0.2) is 15.5 Å². The van der Waals surface area contributed by atoms with Gasteiger partial charge in [-0.2, -0.15) is 0 Å². The van der Waals surface area contributed by atoms with Crippen LogP contribution in [0.5, 0.6) is 0 Å². The van der Waals surface area contributed by atoms with Crippen LogP contribution in [0, 0.1) is 0 Å². The van der Waals surface area contributed by atoms with Crippen LogP contribution in [0.2, 0.25) is 0 Å². The van der Waals surface area contributed by atoms with Crippen molar-refractivity contribution >= 4 is 27.0 Å². The van der Waals surface area contributed by atoms with Gasteiger partial charge in [-0.15, -0.1) is 11.3 Å². The summed E-state index contributed by atoms with van der Waals surface area (Å²) in [5.41, 5.74) is 1.88. The second-order valence-corrected chi connectivity index (χ2v) is 7.79. The largest absolute Gasteiger partial charge is 0.273 e. The molecule has 5 heteroatoms. The third-order valence-corrected chi connectivity index (χ3v) is 6.19. The van der Waals surface area contributed by atoms with E-state index >= 15 is 0 Å². The molecular weight excluding hydrogens is 278 g/mol. The summed E-state index contributed by atoms with van der Waals surface area (Å²) in [4.78, 5) is 0. The second kappa shape index (κ2) is 5.35. The Kier molecular flexibility index (Phi) is 3.96. The summed E-state index contributed by atoms with van der Waals surface area (Å²) in [5, 5.41) is 1.77. The maximum atomic E-state index is 12.3. The van der Waals surface area contributed by atoms with Crippen LogP contribution in [-0.2, 0) is 10.0 Å². The molecule has 2 rings (SSSR count). The SMILES string of the molecule is CC(C)c1ccc(N(C)S(=O)(=O)c2cccs2)cc1. The minimum Gasteiger partial charge on any atom is -0.269 e. The van der Waals surface area contributed by atoms with Gasteiger partial charge in [0.05, 0.1) is 5.69 Å². The smallest absolute Gasteiger partial charge is 0.269 e. The highest BCUT2D eigenvalue weighted by Crippen LogP contribution is 2.26. The van der Waals surface area contributed by atoms with Crippen molar-refractivity contribution in [1.82, 2.24) is 0 Å². The van der Waals surface area contributed by atoms with Crippen molar-refractivity contribution in [1.29, 1.82) is 0 Å². The van der Waals surface area contributed by atoms with E-state index in [4.69, 9.17) is 0 Å². The summed E-state index contributed by atoms with van der Waals surface area (Å²) >= 11 is 1.23. The van der Waals surface area contributed by atoms with Gasteiger partial charge in [-0.05, 0) is 35.1 Å². The third-order valence-electron chi connectivity index (χ3n) is 3.03. The standard InChI is InChI=1S/C14H17NO2S2/c1-11(2)12-6-8-13(9-7-12)15(3)19(16,17)14-5-4-10-18-14/h4-11H,1-3H3. The Morgan fingerprint density at radius 2 is 1.74 bits per heavy atom. The van der Waals surface area contributed by atoms with Crippen LogP contribution in [0.1, 0.15) is 25.3 Å². The van der Waals surface area contributed by atoms with Crippen molar-refractivity contribution in [3.63, 3.8) is 0 Å². The Hall–Kier alpha value is -1.33. The van der Waals surface area contributed by atoms with Gasteiger partial charge in [-0.1, -0.05) is 32.0 Å². The monoisotopic (exact) mass is 295 g/mol. The van der Waals surface area contributed by atoms with Gasteiger partial charge in [0.25, 0.3) is 10.0 Å². The number of hydrogen-bond donors (Lipinski definition) is 0. The minimum absolute atomic E-state index is 0.364. The quantitative estimate of drug-likeness (QED) is 0.862. The number of benzene rings is 1. The molecular formula is C14H17NO2S2. The molecule has 0 unspecified atom stereocenters. The van der Waals surface area contributed by atoms with Gasteiger partial charge in [0, 0.05) is 7.05 Å². The van der Waals surface area contributed by atoms with Crippen LogP contribution in [0.3, 0.4) is 0 Å². The molecule has 0 atom stereocenters. The lowest BCUT2D eigenvalue weighted by molar-refractivity contribution is 0.596. The zero-order valence-corrected chi connectivity index (χ0v) is 12.8. The van der Waals surface area contributed by atoms with Crippen molar-refractivity contribution in [2.45, 2.75) is 24.0 Å². The first-order valence-electron chi connectivity index (χ1n) is 6.05. The van der Waals surface area contributed by atoms with Gasteiger partial charge >= 0.3 is 0 Å². The second-order valence-electron chi connectivity index (χ2n) is 4.65. The molecule has 3 nitrogen and oxygen atoms in total. The Morgan fingerprint density at radius 3 is 2.21 bits per heavy atom. The Morgan fingerprint density at radius 1 is 1.11 bits per heavy atom. The van der Waals surface area contributed by atoms with Gasteiger partial charge < -0.3 is 0 Å². The number of nitrogens with zero attached hydrogens (tertiary/aromatic N) is 1. The van der Waals surface area contributed by atoms with E-state index in [1.54, 1.807) is 24.6 Å². The van der Waals surface area contributed by atoms with Gasteiger partial charge in [0.15, 0.2) is 0 Å². The van der Waals surface area contributed by atoms with E-state index in [2.05, 4.69) is 13.8 Å². The summed E-state index contributed by atoms with van der Waals surface area (Å²) in [7, 11) is -1.85. The zero-order chi connectivity index (χ0) is 14.0. The minimum atomic E-state index is -3.43. The average molecular weight is 295 g/mol. The van der Waals surface area contributed by atoms with Crippen LogP contribution >= 0.6 is 11.3 Å². The summed E-state index contributed by atoms with van der Waals surface area (Å²) < 4.78 is 26.4. The highest BCUT2D eigenvalue weighted by atomic mass is 32.2. The molecule has 0 aliphatic heterocycles. The fourth-order valence-electron chi connectivity index (χ4n) is 1.75. The number of thiophene rings is 1. The van der Waals surface area contributed by atoms with Crippen LogP contribution in [0.4, 0.5) is 5.69 Å². The average Bonchev–Trinajstić information content (AvgIpc) is 2.92. The van der Waals surface area contributed by atoms with E-state index in [1.165, 1.54) is 21.2 Å². The van der Waals surface area contributed by atoms with E-state index in [0.717, 1.165) is 0 Å². The maximum absolute atomic E-state index is 12.3. The summed E-state index contributed by atoms with van der Waals surface area (Å²) in [6.45, 7) is 4.22. The lowest BCUT2D eigenvalue weighted by atomic mass is 10.0. The number of anilines is 1. The molecule has 0 N–H and O–H groups in total. The lowest BCUT2D eigenvalue weighted by Crippen LogP contribution is -2.25. The molecule has 2 aromatic rings. The molecule has 0 fully saturated rings. The van der Waals surface area contributed by atoms with Crippen LogP contribution in [0.15, 0.2) is 46.0 Å². The lowest BCUT2D eigenvalue weighted by Gasteiger charge is -2.19. The van der Waals surface area contributed by atoms with E-state index in [0.29, 0.717) is 15.8 Å². The molecule has 0 saturated carbocycles. The molecule has 1 aromatic carbocycles. The Labute approximate surface area is 118 Å². The molecule has 0 amide bonds. The number of sulfonamides is 1. The van der Waals surface area contributed by atoms with Crippen LogP contribution in [0.25, 0.3) is 0 Å². The van der Waals surface area contributed by atoms with Crippen molar-refractivity contribution in [3.8, 4) is 0 Å². The van der Waals surface area contributed by atoms with E-state index in [1.807, 2.05) is 24.3 Å². The maximum Gasteiger partial charge on any atom is 0.273 e. The first kappa shape index (κ1) is 14.1. The summed E-state index contributed by atoms with van der Waals surface area (Å²) in [5.74, 6) is 0.438. The molecule has 0 aliphatic rings. The summed E-state index contributed by atoms with van der Waals surface area (Å²) in [6.07, 6.45) is 0. The van der Waals surface area contributed by atoms with Gasteiger partial charge in [-0.25, -0.2) is 8.42 Å². The molecule has 1 aromatic heterocycles. The van der Waals surface area contributed by atoms with E-state index in [9.17, 15) is 8.42 Å². The number of rotatable bonds is 4. The molecule has 0 spiro atoms. The normalized spacial score (nSPS) is 11.8. The summed E-state index contributed by atoms with van der Waals surface area (Å²) in [6, 6.07) is 11.0. The topological polar surface area (TPSA) is 37.4 Å². The molecule has 0 saturated heterocycles. The first-order chi connectivity index (χ1) is 8.93. The molecule has 0 aliphatic carbocycles. The highest BCUT2D eigenvalue weighted by molar-refractivity contribution is 7.94. The highest BCUT2D eigenvalue weighted by Gasteiger charge is 2.22. The van der Waals surface area contributed by atoms with Crippen molar-refractivity contribution in [2.24, 2.45) is 0 Å². The number of hydrogen-bond acceptors (Lipinski definition) is 3. The Balaban J connectivity index is 2.32. The fraction of sp³-hybridized carbons (Fsp3) is 0.286. The molecule has 0 bridgehead atoms. The van der Waals surface area contributed by atoms with Gasteiger partial charge in [0.2, 0.25) is 0 Å². The van der Waals surface area contributed by atoms with E-state index < -0.39 is 10.0 Å². The van der Waals surface area contributed by atoms with Crippen molar-refractivity contribution in [2.75, 3.05) is 11.4 Å². The van der Waals surface area contributed by atoms with E-state index in [-0.39, 0.29) is 0 Å². The molecule has 1 heterocycles. The van der Waals surface area contributed by atoms with Gasteiger partial charge in [0.1, 0.15) is 4.21 Å². The molecule has 102 valence electrons. The first-order valence-corrected chi connectivity index (χ1v) is 8.37. The zero-order valence-electron chi connectivity index (χ0n) is 11.2. The van der Waals surface area contributed by atoms with Crippen LogP contribution < -0.4 is 4.31 Å². The molecule has 0 radical (unpaired) electrons. The third kappa shape index (κ3) is 2.82. The Bertz CT molecular complexity index is 629. The van der Waals surface area contributed by atoms with Crippen molar-refractivity contribution < 1.29 is 8.42 Å². The fourth-order valence-corrected chi connectivity index (χ4v) is 4.11. The predicted molar refractivity (Wildman–Crippen MR) is 80.4 cm³/mol. The predicted octanol–water partition coefficient (Wildman–Crippen LogP) is 3.70. The molecule has 19 heavy (non-hydrogen) atoms.